The van der Waals surface area contributed by atoms with Gasteiger partial charge < -0.3 is 24.2 Å². The number of carbonyl (C=O) groups excluding carboxylic acids is 1. The van der Waals surface area contributed by atoms with Crippen LogP contribution in [-0.4, -0.2) is 67.8 Å². The van der Waals surface area contributed by atoms with Crippen molar-refractivity contribution in [1.29, 1.82) is 0 Å². The SMILES string of the molecule is Cc1cc(N(C)C)nc(N2CCN(C(=O)Cc3ccc4c(c3)OCO4)CC2)n1. The highest BCUT2D eigenvalue weighted by molar-refractivity contribution is 5.79. The Labute approximate surface area is 164 Å². The van der Waals surface area contributed by atoms with Crippen molar-refractivity contribution in [1.82, 2.24) is 14.9 Å². The van der Waals surface area contributed by atoms with Gasteiger partial charge in [-0.25, -0.2) is 4.98 Å². The van der Waals surface area contributed by atoms with Crippen LogP contribution in [0.3, 0.4) is 0 Å². The van der Waals surface area contributed by atoms with Gasteiger partial charge in [0.15, 0.2) is 11.5 Å². The summed E-state index contributed by atoms with van der Waals surface area (Å²) >= 11 is 0. The molecule has 0 aliphatic carbocycles. The fraction of sp³-hybridized carbons (Fsp3) is 0.450. The second-order valence-electron chi connectivity index (χ2n) is 7.29. The number of hydrogen-bond acceptors (Lipinski definition) is 7. The summed E-state index contributed by atoms with van der Waals surface area (Å²) in [5, 5.41) is 0. The molecule has 0 N–H and O–H groups in total. The van der Waals surface area contributed by atoms with E-state index >= 15 is 0 Å². The standard InChI is InChI=1S/C20H25N5O3/c1-14-10-18(23(2)3)22-20(21-14)25-8-6-24(7-9-25)19(26)12-15-4-5-16-17(11-15)28-13-27-16/h4-5,10-11H,6-9,12-13H2,1-3H3. The molecule has 4 rings (SSSR count). The van der Waals surface area contributed by atoms with E-state index in [2.05, 4.69) is 14.9 Å². The van der Waals surface area contributed by atoms with Crippen LogP contribution >= 0.6 is 0 Å². The largest absolute Gasteiger partial charge is 0.454 e. The Kier molecular flexibility index (Phi) is 4.93. The van der Waals surface area contributed by atoms with Crippen molar-refractivity contribution in [3.63, 3.8) is 0 Å². The Morgan fingerprint density at radius 2 is 1.82 bits per heavy atom. The number of benzene rings is 1. The summed E-state index contributed by atoms with van der Waals surface area (Å²) in [6.07, 6.45) is 0.363. The smallest absolute Gasteiger partial charge is 0.231 e. The minimum absolute atomic E-state index is 0.123. The second-order valence-corrected chi connectivity index (χ2v) is 7.29. The van der Waals surface area contributed by atoms with Crippen molar-refractivity contribution in [2.75, 3.05) is 56.9 Å². The highest BCUT2D eigenvalue weighted by atomic mass is 16.7. The molecule has 0 saturated carbocycles. The molecule has 2 aliphatic heterocycles. The van der Waals surface area contributed by atoms with Crippen LogP contribution in [0.25, 0.3) is 0 Å². The predicted molar refractivity (Wildman–Crippen MR) is 106 cm³/mol. The average Bonchev–Trinajstić information content (AvgIpc) is 3.15. The molecule has 2 aromatic rings. The zero-order valence-corrected chi connectivity index (χ0v) is 16.5. The number of hydrogen-bond donors (Lipinski definition) is 0. The summed E-state index contributed by atoms with van der Waals surface area (Å²) in [5.41, 5.74) is 1.88. The Hall–Kier alpha value is -3.03. The van der Waals surface area contributed by atoms with E-state index in [0.717, 1.165) is 41.9 Å². The summed E-state index contributed by atoms with van der Waals surface area (Å²) in [7, 11) is 3.94. The number of ether oxygens (including phenoxy) is 2. The first-order valence-electron chi connectivity index (χ1n) is 9.44. The first kappa shape index (κ1) is 18.3. The molecule has 0 atom stereocenters. The van der Waals surface area contributed by atoms with E-state index in [1.165, 1.54) is 0 Å². The molecule has 0 radical (unpaired) electrons. The topological polar surface area (TPSA) is 71.0 Å². The maximum absolute atomic E-state index is 12.7. The van der Waals surface area contributed by atoms with Crippen molar-refractivity contribution in [2.24, 2.45) is 0 Å². The summed E-state index contributed by atoms with van der Waals surface area (Å²) < 4.78 is 10.7. The lowest BCUT2D eigenvalue weighted by molar-refractivity contribution is -0.130. The van der Waals surface area contributed by atoms with Crippen LogP contribution in [-0.2, 0) is 11.2 Å². The molecule has 28 heavy (non-hydrogen) atoms. The van der Waals surface area contributed by atoms with Crippen LogP contribution in [0, 0.1) is 6.92 Å². The van der Waals surface area contributed by atoms with Crippen molar-refractivity contribution in [3.05, 3.63) is 35.5 Å². The van der Waals surface area contributed by atoms with Gasteiger partial charge in [0.2, 0.25) is 18.6 Å². The van der Waals surface area contributed by atoms with Crippen LogP contribution in [0.4, 0.5) is 11.8 Å². The lowest BCUT2D eigenvalue weighted by atomic mass is 10.1. The van der Waals surface area contributed by atoms with Gasteiger partial charge in [-0.1, -0.05) is 6.07 Å². The summed E-state index contributed by atoms with van der Waals surface area (Å²) in [4.78, 5) is 27.9. The van der Waals surface area contributed by atoms with Gasteiger partial charge in [-0.15, -0.1) is 0 Å². The highest BCUT2D eigenvalue weighted by Gasteiger charge is 2.24. The first-order chi connectivity index (χ1) is 13.5. The molecule has 2 aliphatic rings. The molecule has 0 spiro atoms. The van der Waals surface area contributed by atoms with Gasteiger partial charge in [0.1, 0.15) is 5.82 Å². The van der Waals surface area contributed by atoms with E-state index in [1.54, 1.807) is 0 Å². The minimum atomic E-state index is 0.123. The molecule has 1 aromatic heterocycles. The Morgan fingerprint density at radius 3 is 2.57 bits per heavy atom. The van der Waals surface area contributed by atoms with Gasteiger partial charge in [0.05, 0.1) is 6.42 Å². The maximum Gasteiger partial charge on any atom is 0.231 e. The molecule has 1 amide bonds. The van der Waals surface area contributed by atoms with Crippen molar-refractivity contribution in [2.45, 2.75) is 13.3 Å². The van der Waals surface area contributed by atoms with Crippen molar-refractivity contribution in [3.8, 4) is 11.5 Å². The van der Waals surface area contributed by atoms with Gasteiger partial charge in [-0.3, -0.25) is 4.79 Å². The van der Waals surface area contributed by atoms with E-state index < -0.39 is 0 Å². The zero-order chi connectivity index (χ0) is 19.7. The number of anilines is 2. The first-order valence-corrected chi connectivity index (χ1v) is 9.44. The third-order valence-corrected chi connectivity index (χ3v) is 4.99. The second kappa shape index (κ2) is 7.53. The summed E-state index contributed by atoms with van der Waals surface area (Å²) in [6.45, 7) is 5.00. The van der Waals surface area contributed by atoms with Crippen molar-refractivity contribution >= 4 is 17.7 Å². The molecule has 148 valence electrons. The highest BCUT2D eigenvalue weighted by Crippen LogP contribution is 2.32. The van der Waals surface area contributed by atoms with E-state index in [4.69, 9.17) is 9.47 Å². The molecule has 3 heterocycles. The molecule has 0 unspecified atom stereocenters. The lowest BCUT2D eigenvalue weighted by Crippen LogP contribution is -2.49. The normalized spacial score (nSPS) is 15.7. The van der Waals surface area contributed by atoms with E-state index in [9.17, 15) is 4.79 Å². The van der Waals surface area contributed by atoms with Gasteiger partial charge in [-0.05, 0) is 24.6 Å². The zero-order valence-electron chi connectivity index (χ0n) is 16.5. The molecule has 1 saturated heterocycles. The fourth-order valence-corrected chi connectivity index (χ4v) is 3.40. The molecule has 8 nitrogen and oxygen atoms in total. The van der Waals surface area contributed by atoms with E-state index in [-0.39, 0.29) is 12.7 Å². The number of nitrogens with zero attached hydrogens (tertiary/aromatic N) is 5. The molecular weight excluding hydrogens is 358 g/mol. The predicted octanol–water partition coefficient (Wildman–Crippen LogP) is 1.47. The molecule has 1 fully saturated rings. The third-order valence-electron chi connectivity index (χ3n) is 4.99. The van der Waals surface area contributed by atoms with Crippen LogP contribution in [0.1, 0.15) is 11.3 Å². The number of aromatic nitrogens is 2. The molecule has 0 bridgehead atoms. The Balaban J connectivity index is 1.37. The van der Waals surface area contributed by atoms with Crippen molar-refractivity contribution < 1.29 is 14.3 Å². The van der Waals surface area contributed by atoms with Gasteiger partial charge in [0.25, 0.3) is 0 Å². The summed E-state index contributed by atoms with van der Waals surface area (Å²) in [6, 6.07) is 7.64. The number of aryl methyl sites for hydroxylation is 1. The Morgan fingerprint density at radius 1 is 1.07 bits per heavy atom. The molecule has 1 aromatic carbocycles. The van der Waals surface area contributed by atoms with E-state index in [1.807, 2.05) is 55.1 Å². The molecule has 8 heteroatoms. The van der Waals surface area contributed by atoms with Crippen LogP contribution < -0.4 is 19.3 Å². The number of carbonyl (C=O) groups is 1. The summed E-state index contributed by atoms with van der Waals surface area (Å²) in [5.74, 6) is 3.19. The van der Waals surface area contributed by atoms with Crippen LogP contribution in [0.5, 0.6) is 11.5 Å². The van der Waals surface area contributed by atoms with Gasteiger partial charge in [0, 0.05) is 52.0 Å². The third kappa shape index (κ3) is 3.81. The Bertz CT molecular complexity index is 878. The maximum atomic E-state index is 12.7. The lowest BCUT2D eigenvalue weighted by Gasteiger charge is -2.35. The quantitative estimate of drug-likeness (QED) is 0.792. The van der Waals surface area contributed by atoms with Gasteiger partial charge in [-0.2, -0.15) is 4.98 Å². The number of amides is 1. The number of rotatable bonds is 4. The van der Waals surface area contributed by atoms with Crippen LogP contribution in [0.2, 0.25) is 0 Å². The van der Waals surface area contributed by atoms with E-state index in [0.29, 0.717) is 25.3 Å². The fourth-order valence-electron chi connectivity index (χ4n) is 3.40. The number of piperazine rings is 1. The monoisotopic (exact) mass is 383 g/mol. The average molecular weight is 383 g/mol. The van der Waals surface area contributed by atoms with Gasteiger partial charge >= 0.3 is 0 Å². The number of fused-ring (bicyclic) bond motifs is 1. The van der Waals surface area contributed by atoms with Crippen LogP contribution in [0.15, 0.2) is 24.3 Å². The minimum Gasteiger partial charge on any atom is -0.454 e. The molecular formula is C20H25N5O3.